The lowest BCUT2D eigenvalue weighted by atomic mass is 10.0. The highest BCUT2D eigenvalue weighted by Gasteiger charge is 2.25. The number of hydrogen-bond donors (Lipinski definition) is 1. The number of carbonyl (C=O) groups excluding carboxylic acids is 2. The van der Waals surface area contributed by atoms with Crippen molar-refractivity contribution in [2.45, 2.75) is 19.8 Å². The summed E-state index contributed by atoms with van der Waals surface area (Å²) in [6.45, 7) is 1.93. The van der Waals surface area contributed by atoms with Gasteiger partial charge in [-0.2, -0.15) is 0 Å². The third-order valence-electron chi connectivity index (χ3n) is 4.39. The van der Waals surface area contributed by atoms with Gasteiger partial charge in [-0.25, -0.2) is 4.79 Å². The fourth-order valence-corrected chi connectivity index (χ4v) is 4.59. The molecule has 0 fully saturated rings. The summed E-state index contributed by atoms with van der Waals surface area (Å²) in [5.74, 6) is -0.642. The number of nitrogens with one attached hydrogen (secondary N) is 1. The number of esters is 1. The summed E-state index contributed by atoms with van der Waals surface area (Å²) in [5.41, 5.74) is 3.04. The van der Waals surface area contributed by atoms with Crippen molar-refractivity contribution in [2.24, 2.45) is 0 Å². The van der Waals surface area contributed by atoms with Crippen LogP contribution < -0.4 is 5.32 Å². The van der Waals surface area contributed by atoms with Gasteiger partial charge >= 0.3 is 5.97 Å². The number of benzene rings is 2. The van der Waals surface area contributed by atoms with Gasteiger partial charge < -0.3 is 10.1 Å². The molecule has 1 aromatic heterocycles. The summed E-state index contributed by atoms with van der Waals surface area (Å²) in [4.78, 5) is 26.0. The van der Waals surface area contributed by atoms with E-state index in [1.165, 1.54) is 18.4 Å². The molecule has 0 saturated carbocycles. The molecular weight excluding hydrogens is 474 g/mol. The molecule has 0 aliphatic rings. The van der Waals surface area contributed by atoms with Gasteiger partial charge in [0.1, 0.15) is 10.6 Å². The van der Waals surface area contributed by atoms with E-state index in [1.807, 2.05) is 49.4 Å². The predicted octanol–water partition coefficient (Wildman–Crippen LogP) is 6.50. The standard InChI is InChI=1S/C22H19BrClNO3S/c1-13-19(15-7-9-16(23)10-8-15)20(22(27)28-2)21(29-13)25-18(26)11-6-14-4-3-5-17(24)12-14/h3-5,7-10,12H,6,11H2,1-2H3,(H,25,26). The van der Waals surface area contributed by atoms with Gasteiger partial charge in [0.05, 0.1) is 7.11 Å². The van der Waals surface area contributed by atoms with Crippen LogP contribution in [0.1, 0.15) is 27.2 Å². The largest absolute Gasteiger partial charge is 0.465 e. The molecule has 2 aromatic carbocycles. The Bertz CT molecular complexity index is 1050. The highest BCUT2D eigenvalue weighted by atomic mass is 79.9. The Balaban J connectivity index is 1.85. The zero-order valence-corrected chi connectivity index (χ0v) is 19.1. The average Bonchev–Trinajstić information content (AvgIpc) is 3.02. The van der Waals surface area contributed by atoms with Gasteiger partial charge in [-0.1, -0.05) is 51.8 Å². The first-order chi connectivity index (χ1) is 13.9. The topological polar surface area (TPSA) is 55.4 Å². The maximum atomic E-state index is 12.5. The van der Waals surface area contributed by atoms with Crippen molar-refractivity contribution in [3.05, 3.63) is 74.0 Å². The number of halogens is 2. The van der Waals surface area contributed by atoms with Gasteiger partial charge in [-0.15, -0.1) is 11.3 Å². The summed E-state index contributed by atoms with van der Waals surface area (Å²) in [6, 6.07) is 15.1. The van der Waals surface area contributed by atoms with Crippen LogP contribution in [-0.2, 0) is 16.0 Å². The van der Waals surface area contributed by atoms with E-state index in [-0.39, 0.29) is 12.3 Å². The maximum absolute atomic E-state index is 12.5. The van der Waals surface area contributed by atoms with Crippen molar-refractivity contribution in [3.63, 3.8) is 0 Å². The van der Waals surface area contributed by atoms with Gasteiger partial charge in [0, 0.05) is 26.4 Å². The molecule has 0 aliphatic heterocycles. The number of carbonyl (C=O) groups is 2. The van der Waals surface area contributed by atoms with Crippen LogP contribution in [0.5, 0.6) is 0 Å². The van der Waals surface area contributed by atoms with Gasteiger partial charge in [0.25, 0.3) is 0 Å². The van der Waals surface area contributed by atoms with Gasteiger partial charge in [0.15, 0.2) is 0 Å². The molecule has 0 bridgehead atoms. The lowest BCUT2D eigenvalue weighted by Gasteiger charge is -2.08. The molecule has 1 N–H and O–H groups in total. The van der Waals surface area contributed by atoms with Crippen LogP contribution in [0.4, 0.5) is 5.00 Å². The van der Waals surface area contributed by atoms with Crippen LogP contribution in [0.25, 0.3) is 11.1 Å². The zero-order valence-electron chi connectivity index (χ0n) is 15.9. The Morgan fingerprint density at radius 2 is 1.90 bits per heavy atom. The van der Waals surface area contributed by atoms with Crippen molar-refractivity contribution in [3.8, 4) is 11.1 Å². The minimum absolute atomic E-state index is 0.168. The van der Waals surface area contributed by atoms with E-state index in [0.717, 1.165) is 26.0 Å². The molecule has 150 valence electrons. The number of thiophene rings is 1. The lowest BCUT2D eigenvalue weighted by molar-refractivity contribution is -0.116. The van der Waals surface area contributed by atoms with Crippen LogP contribution in [0, 0.1) is 6.92 Å². The van der Waals surface area contributed by atoms with Gasteiger partial charge in [-0.05, 0) is 48.7 Å². The third kappa shape index (κ3) is 5.26. The number of hydrogen-bond acceptors (Lipinski definition) is 4. The Morgan fingerprint density at radius 1 is 1.17 bits per heavy atom. The van der Waals surface area contributed by atoms with E-state index in [1.54, 1.807) is 6.07 Å². The number of ether oxygens (including phenoxy) is 1. The second-order valence-electron chi connectivity index (χ2n) is 6.41. The first-order valence-electron chi connectivity index (χ1n) is 8.91. The number of amides is 1. The first-order valence-corrected chi connectivity index (χ1v) is 10.9. The van der Waals surface area contributed by atoms with Crippen molar-refractivity contribution in [1.82, 2.24) is 0 Å². The number of methoxy groups -OCH3 is 1. The molecule has 4 nitrogen and oxygen atoms in total. The molecule has 7 heteroatoms. The highest BCUT2D eigenvalue weighted by molar-refractivity contribution is 9.10. The number of rotatable bonds is 6. The van der Waals surface area contributed by atoms with Crippen molar-refractivity contribution >= 4 is 55.7 Å². The molecule has 0 radical (unpaired) electrons. The predicted molar refractivity (Wildman–Crippen MR) is 122 cm³/mol. The van der Waals surface area contributed by atoms with Crippen LogP contribution >= 0.6 is 38.9 Å². The maximum Gasteiger partial charge on any atom is 0.341 e. The molecule has 0 spiro atoms. The molecule has 29 heavy (non-hydrogen) atoms. The summed E-state index contributed by atoms with van der Waals surface area (Å²) >= 11 is 10.8. The average molecular weight is 493 g/mol. The summed E-state index contributed by atoms with van der Waals surface area (Å²) < 4.78 is 5.94. The SMILES string of the molecule is COC(=O)c1c(NC(=O)CCc2cccc(Cl)c2)sc(C)c1-c1ccc(Br)cc1. The molecule has 0 aliphatic carbocycles. The van der Waals surface area contributed by atoms with Crippen LogP contribution in [0.15, 0.2) is 53.0 Å². The molecule has 0 unspecified atom stereocenters. The second-order valence-corrected chi connectivity index (χ2v) is 8.99. The monoisotopic (exact) mass is 491 g/mol. The minimum Gasteiger partial charge on any atom is -0.465 e. The third-order valence-corrected chi connectivity index (χ3v) is 6.17. The summed E-state index contributed by atoms with van der Waals surface area (Å²) in [7, 11) is 1.34. The highest BCUT2D eigenvalue weighted by Crippen LogP contribution is 2.40. The van der Waals surface area contributed by atoms with E-state index in [9.17, 15) is 9.59 Å². The Kier molecular flexibility index (Phi) is 7.11. The fourth-order valence-electron chi connectivity index (χ4n) is 3.03. The molecule has 3 aromatic rings. The van der Waals surface area contributed by atoms with E-state index in [0.29, 0.717) is 22.0 Å². The summed E-state index contributed by atoms with van der Waals surface area (Å²) in [5, 5.41) is 4.04. The van der Waals surface area contributed by atoms with Gasteiger partial charge in [-0.3, -0.25) is 4.79 Å². The van der Waals surface area contributed by atoms with E-state index >= 15 is 0 Å². The number of aryl methyl sites for hydroxylation is 2. The molecule has 0 atom stereocenters. The lowest BCUT2D eigenvalue weighted by Crippen LogP contribution is -2.14. The van der Waals surface area contributed by atoms with E-state index in [2.05, 4.69) is 21.2 Å². The smallest absolute Gasteiger partial charge is 0.341 e. The van der Waals surface area contributed by atoms with Crippen LogP contribution in [-0.4, -0.2) is 19.0 Å². The van der Waals surface area contributed by atoms with E-state index in [4.69, 9.17) is 16.3 Å². The fraction of sp³-hybridized carbons (Fsp3) is 0.182. The Morgan fingerprint density at radius 3 is 2.55 bits per heavy atom. The van der Waals surface area contributed by atoms with E-state index < -0.39 is 5.97 Å². The summed E-state index contributed by atoms with van der Waals surface area (Å²) in [6.07, 6.45) is 0.843. The second kappa shape index (κ2) is 9.57. The van der Waals surface area contributed by atoms with Crippen molar-refractivity contribution < 1.29 is 14.3 Å². The van der Waals surface area contributed by atoms with Crippen LogP contribution in [0.3, 0.4) is 0 Å². The van der Waals surface area contributed by atoms with Crippen LogP contribution in [0.2, 0.25) is 5.02 Å². The first kappa shape index (κ1) is 21.6. The van der Waals surface area contributed by atoms with Crippen molar-refractivity contribution in [2.75, 3.05) is 12.4 Å². The molecule has 0 saturated heterocycles. The molecule has 3 rings (SSSR count). The Hall–Kier alpha value is -2.15. The molecule has 1 amide bonds. The molecular formula is C22H19BrClNO3S. The molecule has 1 heterocycles. The van der Waals surface area contributed by atoms with Gasteiger partial charge in [0.2, 0.25) is 5.91 Å². The van der Waals surface area contributed by atoms with Crippen molar-refractivity contribution in [1.29, 1.82) is 0 Å². The minimum atomic E-state index is -0.475. The Labute approximate surface area is 187 Å². The quantitative estimate of drug-likeness (QED) is 0.400. The zero-order chi connectivity index (χ0) is 21.0. The number of anilines is 1. The normalized spacial score (nSPS) is 10.6.